The van der Waals surface area contributed by atoms with E-state index in [2.05, 4.69) is 58.5 Å². The Bertz CT molecular complexity index is 760. The SMILES string of the molecule is C=C(C)c1ccc(COc2ccc(B3OC(C)(C)C(C)(C)O3)cc2)cc1. The van der Waals surface area contributed by atoms with Crippen LogP contribution in [0.4, 0.5) is 0 Å². The van der Waals surface area contributed by atoms with Crippen LogP contribution < -0.4 is 10.2 Å². The van der Waals surface area contributed by atoms with Gasteiger partial charge in [0.05, 0.1) is 11.2 Å². The van der Waals surface area contributed by atoms with Crippen molar-refractivity contribution < 1.29 is 14.0 Å². The lowest BCUT2D eigenvalue weighted by Gasteiger charge is -2.32. The van der Waals surface area contributed by atoms with Gasteiger partial charge in [-0.2, -0.15) is 0 Å². The average Bonchev–Trinajstić information content (AvgIpc) is 2.81. The molecule has 1 aliphatic rings. The number of hydrogen-bond donors (Lipinski definition) is 0. The van der Waals surface area contributed by atoms with Gasteiger partial charge in [0, 0.05) is 0 Å². The fourth-order valence-corrected chi connectivity index (χ4v) is 2.75. The molecule has 3 nitrogen and oxygen atoms in total. The lowest BCUT2D eigenvalue weighted by molar-refractivity contribution is 0.00578. The van der Waals surface area contributed by atoms with Gasteiger partial charge in [-0.15, -0.1) is 0 Å². The van der Waals surface area contributed by atoms with Crippen molar-refractivity contribution in [1.29, 1.82) is 0 Å². The monoisotopic (exact) mass is 350 g/mol. The normalized spacial score (nSPS) is 18.0. The molecule has 0 bridgehead atoms. The molecule has 0 aromatic heterocycles. The molecular weight excluding hydrogens is 323 g/mol. The maximum Gasteiger partial charge on any atom is 0.494 e. The van der Waals surface area contributed by atoms with Gasteiger partial charge in [-0.25, -0.2) is 0 Å². The molecule has 0 saturated carbocycles. The lowest BCUT2D eigenvalue weighted by atomic mass is 9.79. The van der Waals surface area contributed by atoms with Crippen LogP contribution in [0, 0.1) is 0 Å². The number of allylic oxidation sites excluding steroid dienone is 1. The molecule has 4 heteroatoms. The van der Waals surface area contributed by atoms with E-state index in [4.69, 9.17) is 14.0 Å². The summed E-state index contributed by atoms with van der Waals surface area (Å²) in [6, 6.07) is 16.2. The van der Waals surface area contributed by atoms with E-state index in [1.165, 1.54) is 0 Å². The predicted octanol–water partition coefficient (Wildman–Crippen LogP) is 4.60. The van der Waals surface area contributed by atoms with Crippen molar-refractivity contribution in [1.82, 2.24) is 0 Å². The van der Waals surface area contributed by atoms with E-state index in [-0.39, 0.29) is 18.3 Å². The first kappa shape index (κ1) is 18.7. The molecule has 0 spiro atoms. The third kappa shape index (κ3) is 3.87. The Morgan fingerprint density at radius 3 is 1.96 bits per heavy atom. The first-order valence-electron chi connectivity index (χ1n) is 9.01. The second kappa shape index (κ2) is 6.94. The maximum atomic E-state index is 6.08. The summed E-state index contributed by atoms with van der Waals surface area (Å²) in [5.74, 6) is 0.828. The molecule has 0 amide bonds. The van der Waals surface area contributed by atoms with E-state index in [9.17, 15) is 0 Å². The molecule has 0 radical (unpaired) electrons. The van der Waals surface area contributed by atoms with Gasteiger partial charge in [0.15, 0.2) is 0 Å². The minimum atomic E-state index is -0.344. The van der Waals surface area contributed by atoms with Gasteiger partial charge in [-0.1, -0.05) is 48.6 Å². The topological polar surface area (TPSA) is 27.7 Å². The van der Waals surface area contributed by atoms with E-state index in [1.807, 2.05) is 31.2 Å². The van der Waals surface area contributed by atoms with Crippen molar-refractivity contribution >= 4 is 18.2 Å². The van der Waals surface area contributed by atoms with Crippen LogP contribution in [0.15, 0.2) is 55.1 Å². The smallest absolute Gasteiger partial charge is 0.489 e. The molecule has 3 rings (SSSR count). The summed E-state index contributed by atoms with van der Waals surface area (Å²) in [5, 5.41) is 0. The Labute approximate surface area is 157 Å². The molecule has 0 atom stereocenters. The number of ether oxygens (including phenoxy) is 1. The van der Waals surface area contributed by atoms with Gasteiger partial charge in [0.1, 0.15) is 12.4 Å². The summed E-state index contributed by atoms with van der Waals surface area (Å²) in [7, 11) is -0.344. The fourth-order valence-electron chi connectivity index (χ4n) is 2.75. The second-order valence-electron chi connectivity index (χ2n) is 7.92. The minimum Gasteiger partial charge on any atom is -0.489 e. The van der Waals surface area contributed by atoms with Crippen LogP contribution in [0.5, 0.6) is 5.75 Å². The van der Waals surface area contributed by atoms with Crippen LogP contribution in [-0.2, 0) is 15.9 Å². The zero-order valence-corrected chi connectivity index (χ0v) is 16.3. The van der Waals surface area contributed by atoms with E-state index >= 15 is 0 Å². The summed E-state index contributed by atoms with van der Waals surface area (Å²) in [4.78, 5) is 0. The first-order valence-corrected chi connectivity index (χ1v) is 9.01. The molecule has 26 heavy (non-hydrogen) atoms. The van der Waals surface area contributed by atoms with Crippen molar-refractivity contribution in [3.63, 3.8) is 0 Å². The van der Waals surface area contributed by atoms with Crippen LogP contribution in [0.2, 0.25) is 0 Å². The van der Waals surface area contributed by atoms with Crippen molar-refractivity contribution in [3.8, 4) is 5.75 Å². The van der Waals surface area contributed by atoms with E-state index < -0.39 is 0 Å². The third-order valence-electron chi connectivity index (χ3n) is 5.26. The molecule has 2 aromatic rings. The minimum absolute atomic E-state index is 0.331. The molecule has 1 fully saturated rings. The van der Waals surface area contributed by atoms with Gasteiger partial charge >= 0.3 is 7.12 Å². The molecule has 136 valence electrons. The largest absolute Gasteiger partial charge is 0.494 e. The summed E-state index contributed by atoms with van der Waals surface area (Å²) in [5.41, 5.74) is 3.69. The van der Waals surface area contributed by atoms with Crippen LogP contribution in [0.1, 0.15) is 45.7 Å². The molecular formula is C22H27BO3. The van der Waals surface area contributed by atoms with Crippen molar-refractivity contribution in [2.24, 2.45) is 0 Å². The molecule has 1 saturated heterocycles. The molecule has 0 unspecified atom stereocenters. The Hall–Kier alpha value is -2.04. The van der Waals surface area contributed by atoms with Gasteiger partial charge < -0.3 is 14.0 Å². The van der Waals surface area contributed by atoms with Gasteiger partial charge in [0.25, 0.3) is 0 Å². The number of hydrogen-bond acceptors (Lipinski definition) is 3. The van der Waals surface area contributed by atoms with Gasteiger partial charge in [-0.05, 0) is 63.3 Å². The van der Waals surface area contributed by atoms with Crippen molar-refractivity contribution in [2.45, 2.75) is 52.4 Å². The Kier molecular flexibility index (Phi) is 5.00. The van der Waals surface area contributed by atoms with Crippen LogP contribution in [0.3, 0.4) is 0 Å². The molecule has 1 heterocycles. The molecule has 2 aromatic carbocycles. The summed E-state index contributed by atoms with van der Waals surface area (Å²) < 4.78 is 18.0. The summed E-state index contributed by atoms with van der Waals surface area (Å²) >= 11 is 0. The van der Waals surface area contributed by atoms with Crippen LogP contribution in [-0.4, -0.2) is 18.3 Å². The predicted molar refractivity (Wildman–Crippen MR) is 108 cm³/mol. The van der Waals surface area contributed by atoms with Gasteiger partial charge in [0.2, 0.25) is 0 Å². The van der Waals surface area contributed by atoms with Crippen LogP contribution in [0.25, 0.3) is 5.57 Å². The Morgan fingerprint density at radius 1 is 0.923 bits per heavy atom. The maximum absolute atomic E-state index is 6.08. The highest BCUT2D eigenvalue weighted by Gasteiger charge is 2.51. The number of benzene rings is 2. The zero-order valence-electron chi connectivity index (χ0n) is 16.3. The van der Waals surface area contributed by atoms with Gasteiger partial charge in [-0.3, -0.25) is 0 Å². The second-order valence-corrected chi connectivity index (χ2v) is 7.92. The average molecular weight is 350 g/mol. The molecule has 0 N–H and O–H groups in total. The Morgan fingerprint density at radius 2 is 1.46 bits per heavy atom. The Balaban J connectivity index is 1.61. The highest BCUT2D eigenvalue weighted by molar-refractivity contribution is 6.62. The first-order chi connectivity index (χ1) is 12.2. The van der Waals surface area contributed by atoms with E-state index in [0.29, 0.717) is 6.61 Å². The standard InChI is InChI=1S/C22H27BO3/c1-16(2)18-9-7-17(8-10-18)15-24-20-13-11-19(12-14-20)23-25-21(3,4)22(5,6)26-23/h7-14H,1,15H2,2-6H3. The summed E-state index contributed by atoms with van der Waals surface area (Å²) in [6.45, 7) is 14.7. The van der Waals surface area contributed by atoms with E-state index in [0.717, 1.165) is 27.9 Å². The lowest BCUT2D eigenvalue weighted by Crippen LogP contribution is -2.41. The van der Waals surface area contributed by atoms with Crippen molar-refractivity contribution in [2.75, 3.05) is 0 Å². The van der Waals surface area contributed by atoms with Crippen LogP contribution >= 0.6 is 0 Å². The van der Waals surface area contributed by atoms with Crippen molar-refractivity contribution in [3.05, 3.63) is 66.2 Å². The highest BCUT2D eigenvalue weighted by atomic mass is 16.7. The third-order valence-corrected chi connectivity index (χ3v) is 5.26. The highest BCUT2D eigenvalue weighted by Crippen LogP contribution is 2.36. The fraction of sp³-hybridized carbons (Fsp3) is 0.364. The quantitative estimate of drug-likeness (QED) is 0.738. The number of rotatable bonds is 5. The summed E-state index contributed by atoms with van der Waals surface area (Å²) in [6.07, 6.45) is 0. The zero-order chi connectivity index (χ0) is 18.9. The molecule has 1 aliphatic heterocycles. The molecule has 0 aliphatic carbocycles. The van der Waals surface area contributed by atoms with E-state index in [1.54, 1.807) is 0 Å².